The van der Waals surface area contributed by atoms with E-state index in [4.69, 9.17) is 14.2 Å². The predicted molar refractivity (Wildman–Crippen MR) is 102 cm³/mol. The number of esters is 1. The molecule has 1 aliphatic rings. The number of ether oxygens (including phenoxy) is 3. The Labute approximate surface area is 167 Å². The highest BCUT2D eigenvalue weighted by molar-refractivity contribution is 5.65. The van der Waals surface area contributed by atoms with Crippen molar-refractivity contribution in [1.29, 1.82) is 0 Å². The van der Waals surface area contributed by atoms with Crippen LogP contribution < -0.4 is 0 Å². The van der Waals surface area contributed by atoms with E-state index in [2.05, 4.69) is 0 Å². The fourth-order valence-electron chi connectivity index (χ4n) is 3.24. The van der Waals surface area contributed by atoms with E-state index in [0.29, 0.717) is 0 Å². The van der Waals surface area contributed by atoms with Gasteiger partial charge >= 0.3 is 5.97 Å². The smallest absolute Gasteiger partial charge is 0.302 e. The summed E-state index contributed by atoms with van der Waals surface area (Å²) < 4.78 is 16.1. The van der Waals surface area contributed by atoms with Gasteiger partial charge in [0.1, 0.15) is 31.0 Å². The molecule has 8 heteroatoms. The van der Waals surface area contributed by atoms with E-state index in [1.807, 2.05) is 13.8 Å². The molecule has 0 aromatic carbocycles. The van der Waals surface area contributed by atoms with Gasteiger partial charge in [0, 0.05) is 6.92 Å². The maximum absolute atomic E-state index is 10.9. The molecular formula is C20H38O8. The minimum Gasteiger partial charge on any atom is -0.463 e. The molecule has 0 bridgehead atoms. The number of aliphatic hydroxyl groups excluding tert-OH is 4. The number of carbonyl (C=O) groups excluding carboxylic acids is 1. The standard InChI is InChI=1S/C20H38O8/c1-13(21)10-8-6-4-5-7-9-11-14(2)27-20-19(25)18(24)17(23)16(28-20)12-26-15(3)22/h13-14,16-21,23-25H,4-12H2,1-3H3/t13?,14-,16+,17+,18-,19+,20+/m0/s1. The number of carbonyl (C=O) groups is 1. The third-order valence-corrected chi connectivity index (χ3v) is 4.97. The molecule has 0 aromatic heterocycles. The van der Waals surface area contributed by atoms with Crippen molar-refractivity contribution in [2.24, 2.45) is 0 Å². The van der Waals surface area contributed by atoms with Gasteiger partial charge in [-0.3, -0.25) is 4.79 Å². The Morgan fingerprint density at radius 1 is 0.929 bits per heavy atom. The van der Waals surface area contributed by atoms with E-state index in [-0.39, 0.29) is 18.8 Å². The molecule has 0 aromatic rings. The second-order valence-corrected chi connectivity index (χ2v) is 7.81. The Morgan fingerprint density at radius 3 is 2.07 bits per heavy atom. The van der Waals surface area contributed by atoms with Gasteiger partial charge in [0.2, 0.25) is 0 Å². The van der Waals surface area contributed by atoms with Crippen LogP contribution in [-0.4, -0.2) is 75.9 Å². The molecular weight excluding hydrogens is 368 g/mol. The van der Waals surface area contributed by atoms with Crippen LogP contribution in [-0.2, 0) is 19.0 Å². The first-order valence-corrected chi connectivity index (χ1v) is 10.4. The molecule has 1 aliphatic heterocycles. The van der Waals surface area contributed by atoms with E-state index < -0.39 is 36.7 Å². The van der Waals surface area contributed by atoms with Gasteiger partial charge in [-0.05, 0) is 26.7 Å². The van der Waals surface area contributed by atoms with Crippen LogP contribution in [0.1, 0.15) is 72.1 Å². The van der Waals surface area contributed by atoms with Crippen molar-refractivity contribution in [1.82, 2.24) is 0 Å². The van der Waals surface area contributed by atoms with Crippen LogP contribution in [0.15, 0.2) is 0 Å². The summed E-state index contributed by atoms with van der Waals surface area (Å²) in [5, 5.41) is 39.3. The van der Waals surface area contributed by atoms with E-state index in [0.717, 1.165) is 51.4 Å². The van der Waals surface area contributed by atoms with Gasteiger partial charge in [0.25, 0.3) is 0 Å². The average Bonchev–Trinajstić information content (AvgIpc) is 2.63. The van der Waals surface area contributed by atoms with E-state index >= 15 is 0 Å². The average molecular weight is 407 g/mol. The number of aliphatic hydroxyl groups is 4. The molecule has 166 valence electrons. The normalized spacial score (nSPS) is 30.0. The van der Waals surface area contributed by atoms with Gasteiger partial charge in [-0.15, -0.1) is 0 Å². The van der Waals surface area contributed by atoms with Crippen LogP contribution in [0.4, 0.5) is 0 Å². The molecule has 1 heterocycles. The Bertz CT molecular complexity index is 430. The molecule has 0 saturated carbocycles. The SMILES string of the molecule is CC(=O)OC[C@H]1O[C@@H](O[C@@H](C)CCCCCCCCC(C)O)[C@H](O)[C@@H](O)[C@@H]1O. The molecule has 1 fully saturated rings. The topological polar surface area (TPSA) is 126 Å². The summed E-state index contributed by atoms with van der Waals surface area (Å²) in [7, 11) is 0. The van der Waals surface area contributed by atoms with Crippen molar-refractivity contribution in [3.8, 4) is 0 Å². The second kappa shape index (κ2) is 13.5. The molecule has 0 aliphatic carbocycles. The monoisotopic (exact) mass is 406 g/mol. The Balaban J connectivity index is 2.27. The zero-order valence-electron chi connectivity index (χ0n) is 17.3. The molecule has 0 amide bonds. The summed E-state index contributed by atoms with van der Waals surface area (Å²) in [6.45, 7) is 4.71. The van der Waals surface area contributed by atoms with Crippen molar-refractivity contribution in [3.63, 3.8) is 0 Å². The molecule has 0 spiro atoms. The van der Waals surface area contributed by atoms with Crippen molar-refractivity contribution < 1.29 is 39.4 Å². The maximum Gasteiger partial charge on any atom is 0.302 e. The summed E-state index contributed by atoms with van der Waals surface area (Å²) in [5.74, 6) is -0.520. The molecule has 1 unspecified atom stereocenters. The lowest BCUT2D eigenvalue weighted by molar-refractivity contribution is -0.310. The van der Waals surface area contributed by atoms with E-state index in [1.165, 1.54) is 6.92 Å². The molecule has 0 radical (unpaired) electrons. The summed E-state index contributed by atoms with van der Waals surface area (Å²) in [6.07, 6.45) is 1.52. The third kappa shape index (κ3) is 9.62. The Morgan fingerprint density at radius 2 is 1.50 bits per heavy atom. The van der Waals surface area contributed by atoms with Crippen molar-refractivity contribution in [2.45, 2.75) is 115 Å². The number of rotatable bonds is 13. The number of unbranched alkanes of at least 4 members (excludes halogenated alkanes) is 5. The van der Waals surface area contributed by atoms with E-state index in [9.17, 15) is 25.2 Å². The van der Waals surface area contributed by atoms with Crippen molar-refractivity contribution in [2.75, 3.05) is 6.61 Å². The first-order chi connectivity index (χ1) is 13.2. The molecule has 7 atom stereocenters. The fraction of sp³-hybridized carbons (Fsp3) is 0.950. The first kappa shape index (κ1) is 25.3. The van der Waals surface area contributed by atoms with Gasteiger partial charge < -0.3 is 34.6 Å². The minimum atomic E-state index is -1.44. The Kier molecular flexibility index (Phi) is 12.1. The van der Waals surface area contributed by atoms with Gasteiger partial charge in [-0.25, -0.2) is 0 Å². The summed E-state index contributed by atoms with van der Waals surface area (Å²) in [5.41, 5.74) is 0. The third-order valence-electron chi connectivity index (χ3n) is 4.97. The first-order valence-electron chi connectivity index (χ1n) is 10.4. The fourth-order valence-corrected chi connectivity index (χ4v) is 3.24. The molecule has 1 rings (SSSR count). The summed E-state index contributed by atoms with van der Waals surface area (Å²) >= 11 is 0. The van der Waals surface area contributed by atoms with Gasteiger partial charge in [0.15, 0.2) is 6.29 Å². The molecule has 28 heavy (non-hydrogen) atoms. The predicted octanol–water partition coefficient (Wildman–Crippen LogP) is 1.26. The highest BCUT2D eigenvalue weighted by atomic mass is 16.7. The second-order valence-electron chi connectivity index (χ2n) is 7.81. The van der Waals surface area contributed by atoms with Crippen LogP contribution in [0.3, 0.4) is 0 Å². The largest absolute Gasteiger partial charge is 0.463 e. The summed E-state index contributed by atoms with van der Waals surface area (Å²) in [6, 6.07) is 0. The number of hydrogen-bond donors (Lipinski definition) is 4. The zero-order chi connectivity index (χ0) is 21.1. The lowest BCUT2D eigenvalue weighted by Crippen LogP contribution is -2.59. The van der Waals surface area contributed by atoms with Crippen molar-refractivity contribution in [3.05, 3.63) is 0 Å². The highest BCUT2D eigenvalue weighted by Gasteiger charge is 2.45. The molecule has 1 saturated heterocycles. The lowest BCUT2D eigenvalue weighted by Gasteiger charge is -2.40. The van der Waals surface area contributed by atoms with E-state index in [1.54, 1.807) is 0 Å². The van der Waals surface area contributed by atoms with Crippen LogP contribution in [0.2, 0.25) is 0 Å². The van der Waals surface area contributed by atoms with Gasteiger partial charge in [-0.2, -0.15) is 0 Å². The van der Waals surface area contributed by atoms with Crippen molar-refractivity contribution >= 4 is 5.97 Å². The summed E-state index contributed by atoms with van der Waals surface area (Å²) in [4.78, 5) is 10.9. The molecule has 8 nitrogen and oxygen atoms in total. The quantitative estimate of drug-likeness (QED) is 0.266. The Hall–Kier alpha value is -0.770. The zero-order valence-corrected chi connectivity index (χ0v) is 17.3. The van der Waals surface area contributed by atoms with Crippen LogP contribution >= 0.6 is 0 Å². The van der Waals surface area contributed by atoms with Gasteiger partial charge in [0.05, 0.1) is 12.2 Å². The maximum atomic E-state index is 10.9. The molecule has 4 N–H and O–H groups in total. The van der Waals surface area contributed by atoms with Crippen LogP contribution in [0, 0.1) is 0 Å². The number of hydrogen-bond acceptors (Lipinski definition) is 8. The van der Waals surface area contributed by atoms with Crippen LogP contribution in [0.5, 0.6) is 0 Å². The highest BCUT2D eigenvalue weighted by Crippen LogP contribution is 2.24. The van der Waals surface area contributed by atoms with Gasteiger partial charge in [-0.1, -0.05) is 38.5 Å². The minimum absolute atomic E-state index is 0.188. The lowest BCUT2D eigenvalue weighted by atomic mass is 9.99. The van der Waals surface area contributed by atoms with Crippen LogP contribution in [0.25, 0.3) is 0 Å².